The highest BCUT2D eigenvalue weighted by molar-refractivity contribution is 5.81. The molecule has 0 aliphatic heterocycles. The molecule has 0 unspecified atom stereocenters. The fourth-order valence-corrected chi connectivity index (χ4v) is 3.82. The molecule has 3 heteroatoms. The van der Waals surface area contributed by atoms with Crippen molar-refractivity contribution in [1.82, 2.24) is 5.32 Å². The number of benzene rings is 1. The first-order chi connectivity index (χ1) is 10.0. The zero-order chi connectivity index (χ0) is 15.0. The van der Waals surface area contributed by atoms with Crippen LogP contribution in [0, 0.1) is 25.7 Å². The van der Waals surface area contributed by atoms with Gasteiger partial charge >= 0.3 is 0 Å². The Balaban J connectivity index is 1.58. The molecule has 4 atom stereocenters. The second-order valence-electron chi connectivity index (χ2n) is 6.75. The zero-order valence-electron chi connectivity index (χ0n) is 13.2. The van der Waals surface area contributed by atoms with E-state index in [1.807, 2.05) is 26.0 Å². The highest BCUT2D eigenvalue weighted by Crippen LogP contribution is 2.44. The molecule has 1 aromatic carbocycles. The second-order valence-corrected chi connectivity index (χ2v) is 6.75. The van der Waals surface area contributed by atoms with E-state index in [4.69, 9.17) is 4.74 Å². The van der Waals surface area contributed by atoms with Crippen LogP contribution in [-0.4, -0.2) is 18.1 Å². The van der Waals surface area contributed by atoms with Crippen LogP contribution in [-0.2, 0) is 4.79 Å². The quantitative estimate of drug-likeness (QED) is 0.922. The predicted octanol–water partition coefficient (Wildman–Crippen LogP) is 3.38. The van der Waals surface area contributed by atoms with Gasteiger partial charge in [-0.25, -0.2) is 0 Å². The van der Waals surface area contributed by atoms with Crippen LogP contribution >= 0.6 is 0 Å². The van der Waals surface area contributed by atoms with Crippen LogP contribution in [0.1, 0.15) is 43.7 Å². The van der Waals surface area contributed by atoms with Crippen LogP contribution in [0.2, 0.25) is 0 Å². The van der Waals surface area contributed by atoms with Crippen molar-refractivity contribution in [2.24, 2.45) is 11.8 Å². The molecule has 3 rings (SSSR count). The maximum absolute atomic E-state index is 12.3. The normalized spacial score (nSPS) is 28.4. The number of nitrogens with one attached hydrogen (secondary N) is 1. The van der Waals surface area contributed by atoms with Gasteiger partial charge in [0, 0.05) is 6.04 Å². The van der Waals surface area contributed by atoms with Crippen molar-refractivity contribution in [2.45, 2.75) is 58.6 Å². The van der Waals surface area contributed by atoms with Gasteiger partial charge < -0.3 is 10.1 Å². The average Bonchev–Trinajstić information content (AvgIpc) is 3.06. The summed E-state index contributed by atoms with van der Waals surface area (Å²) in [5.74, 6) is 2.38. The lowest BCUT2D eigenvalue weighted by atomic mass is 9.95. The molecule has 2 fully saturated rings. The van der Waals surface area contributed by atoms with E-state index in [1.54, 1.807) is 0 Å². The van der Waals surface area contributed by atoms with Crippen molar-refractivity contribution in [3.8, 4) is 5.75 Å². The van der Waals surface area contributed by atoms with Gasteiger partial charge in [0.1, 0.15) is 5.75 Å². The molecule has 2 aliphatic rings. The predicted molar refractivity (Wildman–Crippen MR) is 83.4 cm³/mol. The van der Waals surface area contributed by atoms with Crippen LogP contribution in [0.15, 0.2) is 18.2 Å². The molecule has 2 aliphatic carbocycles. The summed E-state index contributed by atoms with van der Waals surface area (Å²) in [5, 5.41) is 3.20. The maximum atomic E-state index is 12.3. The smallest absolute Gasteiger partial charge is 0.261 e. The van der Waals surface area contributed by atoms with Crippen molar-refractivity contribution >= 4 is 5.91 Å². The first-order valence-electron chi connectivity index (χ1n) is 8.08. The van der Waals surface area contributed by atoms with E-state index in [9.17, 15) is 4.79 Å². The minimum Gasteiger partial charge on any atom is -0.481 e. The van der Waals surface area contributed by atoms with Gasteiger partial charge in [-0.2, -0.15) is 0 Å². The Bertz CT molecular complexity index is 540. The third-order valence-electron chi connectivity index (χ3n) is 5.29. The van der Waals surface area contributed by atoms with Gasteiger partial charge in [0.25, 0.3) is 5.91 Å². The Kier molecular flexibility index (Phi) is 3.92. The number of rotatable bonds is 4. The molecule has 114 valence electrons. The van der Waals surface area contributed by atoms with Crippen molar-refractivity contribution in [3.63, 3.8) is 0 Å². The molecular formula is C18H25NO2. The summed E-state index contributed by atoms with van der Waals surface area (Å²) < 4.78 is 5.87. The minimum atomic E-state index is -0.440. The van der Waals surface area contributed by atoms with Gasteiger partial charge in [-0.3, -0.25) is 4.79 Å². The molecule has 1 N–H and O–H groups in total. The fraction of sp³-hybridized carbons (Fsp3) is 0.611. The number of aryl methyl sites for hydroxylation is 1. The molecule has 2 saturated carbocycles. The second kappa shape index (κ2) is 5.70. The summed E-state index contributed by atoms with van der Waals surface area (Å²) >= 11 is 0. The average molecular weight is 287 g/mol. The molecular weight excluding hydrogens is 262 g/mol. The summed E-state index contributed by atoms with van der Waals surface area (Å²) in [4.78, 5) is 12.3. The lowest BCUT2D eigenvalue weighted by molar-refractivity contribution is -0.128. The Hall–Kier alpha value is -1.51. The molecule has 2 bridgehead atoms. The van der Waals surface area contributed by atoms with Crippen molar-refractivity contribution in [2.75, 3.05) is 0 Å². The van der Waals surface area contributed by atoms with Gasteiger partial charge in [-0.1, -0.05) is 18.6 Å². The van der Waals surface area contributed by atoms with E-state index < -0.39 is 6.10 Å². The highest BCUT2D eigenvalue weighted by atomic mass is 16.5. The third-order valence-corrected chi connectivity index (χ3v) is 5.29. The van der Waals surface area contributed by atoms with Gasteiger partial charge in [-0.05, 0) is 69.1 Å². The van der Waals surface area contributed by atoms with Crippen LogP contribution in [0.3, 0.4) is 0 Å². The van der Waals surface area contributed by atoms with Gasteiger partial charge in [0.2, 0.25) is 0 Å². The molecule has 1 amide bonds. The van der Waals surface area contributed by atoms with Crippen molar-refractivity contribution in [1.29, 1.82) is 0 Å². The number of carbonyl (C=O) groups excluding carboxylic acids is 1. The fourth-order valence-electron chi connectivity index (χ4n) is 3.82. The topological polar surface area (TPSA) is 38.3 Å². The summed E-state index contributed by atoms with van der Waals surface area (Å²) in [7, 11) is 0. The van der Waals surface area contributed by atoms with E-state index >= 15 is 0 Å². The summed E-state index contributed by atoms with van der Waals surface area (Å²) in [6.07, 6.45) is 4.65. The Morgan fingerprint density at radius 3 is 2.76 bits per heavy atom. The Morgan fingerprint density at radius 1 is 1.29 bits per heavy atom. The van der Waals surface area contributed by atoms with Crippen LogP contribution in [0.25, 0.3) is 0 Å². The summed E-state index contributed by atoms with van der Waals surface area (Å²) in [6, 6.07) is 6.34. The van der Waals surface area contributed by atoms with Crippen molar-refractivity contribution in [3.05, 3.63) is 29.3 Å². The first kappa shape index (κ1) is 14.4. The molecule has 21 heavy (non-hydrogen) atoms. The van der Waals surface area contributed by atoms with Gasteiger partial charge in [0.05, 0.1) is 0 Å². The molecule has 1 aromatic rings. The molecule has 0 spiro atoms. The van der Waals surface area contributed by atoms with Crippen LogP contribution < -0.4 is 10.1 Å². The molecule has 3 nitrogen and oxygen atoms in total. The molecule has 0 radical (unpaired) electrons. The zero-order valence-corrected chi connectivity index (χ0v) is 13.2. The van der Waals surface area contributed by atoms with Gasteiger partial charge in [-0.15, -0.1) is 0 Å². The summed E-state index contributed by atoms with van der Waals surface area (Å²) in [5.41, 5.74) is 2.30. The van der Waals surface area contributed by atoms with Gasteiger partial charge in [0.15, 0.2) is 6.10 Å². The Labute approximate surface area is 127 Å². The highest BCUT2D eigenvalue weighted by Gasteiger charge is 2.40. The number of hydrogen-bond acceptors (Lipinski definition) is 2. The molecule has 0 aromatic heterocycles. The number of amides is 1. The monoisotopic (exact) mass is 287 g/mol. The van der Waals surface area contributed by atoms with E-state index in [1.165, 1.54) is 24.8 Å². The largest absolute Gasteiger partial charge is 0.481 e. The lowest BCUT2D eigenvalue weighted by Crippen LogP contribution is -2.44. The number of ether oxygens (including phenoxy) is 1. The first-order valence-corrected chi connectivity index (χ1v) is 8.08. The maximum Gasteiger partial charge on any atom is 0.261 e. The van der Waals surface area contributed by atoms with E-state index in [-0.39, 0.29) is 5.91 Å². The minimum absolute atomic E-state index is 0.0217. The number of fused-ring (bicyclic) bond motifs is 2. The Morgan fingerprint density at radius 2 is 2.10 bits per heavy atom. The van der Waals surface area contributed by atoms with E-state index in [2.05, 4.69) is 18.3 Å². The van der Waals surface area contributed by atoms with Crippen LogP contribution in [0.5, 0.6) is 5.75 Å². The van der Waals surface area contributed by atoms with Crippen LogP contribution in [0.4, 0.5) is 0 Å². The standard InChI is InChI=1S/C18H25NO2/c1-11-5-4-6-17(12(11)2)21-13(3)18(20)19-16-10-14-7-8-15(16)9-14/h4-6,13-16H,7-10H2,1-3H3,(H,19,20)/t13-,14-,15-,16-/m1/s1. The lowest BCUT2D eigenvalue weighted by Gasteiger charge is -2.25. The molecule has 0 saturated heterocycles. The molecule has 0 heterocycles. The van der Waals surface area contributed by atoms with E-state index in [0.717, 1.165) is 23.7 Å². The van der Waals surface area contributed by atoms with Crippen molar-refractivity contribution < 1.29 is 9.53 Å². The third kappa shape index (κ3) is 2.92. The summed E-state index contributed by atoms with van der Waals surface area (Å²) in [6.45, 7) is 5.93. The number of hydrogen-bond donors (Lipinski definition) is 1. The SMILES string of the molecule is Cc1cccc(O[C@H](C)C(=O)N[C@@H]2C[C@@H]3CC[C@@H]2C3)c1C. The van der Waals surface area contributed by atoms with E-state index in [0.29, 0.717) is 12.0 Å². The number of carbonyl (C=O) groups is 1.